The summed E-state index contributed by atoms with van der Waals surface area (Å²) in [6.45, 7) is 7.45. The molecule has 6 heteroatoms. The van der Waals surface area contributed by atoms with Gasteiger partial charge in [-0.2, -0.15) is 20.5 Å². The normalized spacial score (nSPS) is 14.7. The summed E-state index contributed by atoms with van der Waals surface area (Å²) < 4.78 is 5.41. The molecule has 6 nitrogen and oxygen atoms in total. The first-order valence-corrected chi connectivity index (χ1v) is 10.1. The van der Waals surface area contributed by atoms with Crippen LogP contribution in [-0.2, 0) is 4.74 Å². The van der Waals surface area contributed by atoms with Gasteiger partial charge >= 0.3 is 0 Å². The van der Waals surface area contributed by atoms with E-state index < -0.39 is 0 Å². The lowest BCUT2D eigenvalue weighted by Gasteiger charge is -2.28. The Morgan fingerprint density at radius 2 is 1.37 bits per heavy atom. The molecule has 1 heterocycles. The molecule has 1 saturated heterocycles. The smallest absolute Gasteiger partial charge is 0.0887 e. The van der Waals surface area contributed by atoms with Crippen LogP contribution in [0.5, 0.6) is 0 Å². The van der Waals surface area contributed by atoms with Crippen LogP contribution in [0.3, 0.4) is 0 Å². The highest BCUT2D eigenvalue weighted by Gasteiger charge is 2.10. The second-order valence-electron chi connectivity index (χ2n) is 7.33. The zero-order valence-corrected chi connectivity index (χ0v) is 17.3. The molecule has 4 rings (SSSR count). The topological polar surface area (TPSA) is 61.9 Å². The maximum Gasteiger partial charge on any atom is 0.0887 e. The van der Waals surface area contributed by atoms with E-state index in [9.17, 15) is 0 Å². The number of aryl methyl sites for hydroxylation is 2. The van der Waals surface area contributed by atoms with E-state index in [0.29, 0.717) is 0 Å². The van der Waals surface area contributed by atoms with E-state index in [0.717, 1.165) is 60.2 Å². The van der Waals surface area contributed by atoms with E-state index in [-0.39, 0.29) is 0 Å². The monoisotopic (exact) mass is 399 g/mol. The molecular formula is C24H25N5O. The van der Waals surface area contributed by atoms with Crippen molar-refractivity contribution in [2.24, 2.45) is 20.5 Å². The fourth-order valence-electron chi connectivity index (χ4n) is 3.28. The van der Waals surface area contributed by atoms with Gasteiger partial charge in [0.25, 0.3) is 0 Å². The van der Waals surface area contributed by atoms with E-state index in [1.807, 2.05) is 68.4 Å². The van der Waals surface area contributed by atoms with E-state index >= 15 is 0 Å². The standard InChI is InChI=1S/C24H25N5O/c1-18-4-3-5-21(16-18)26-27-22-8-11-24(19(2)17-22)28-25-20-6-9-23(10-7-20)29-12-14-30-15-13-29/h3-11,16-17H,12-15H2,1-2H3. The quantitative estimate of drug-likeness (QED) is 0.435. The molecule has 3 aromatic carbocycles. The average molecular weight is 399 g/mol. The van der Waals surface area contributed by atoms with Gasteiger partial charge in [-0.25, -0.2) is 0 Å². The van der Waals surface area contributed by atoms with Crippen molar-refractivity contribution in [1.29, 1.82) is 0 Å². The lowest BCUT2D eigenvalue weighted by atomic mass is 10.2. The molecule has 1 aliphatic heterocycles. The van der Waals surface area contributed by atoms with Gasteiger partial charge in [-0.15, -0.1) is 0 Å². The first kappa shape index (κ1) is 19.9. The summed E-state index contributed by atoms with van der Waals surface area (Å²) in [5, 5.41) is 17.4. The lowest BCUT2D eigenvalue weighted by Crippen LogP contribution is -2.36. The van der Waals surface area contributed by atoms with Crippen LogP contribution in [-0.4, -0.2) is 26.3 Å². The zero-order valence-electron chi connectivity index (χ0n) is 17.3. The molecular weight excluding hydrogens is 374 g/mol. The van der Waals surface area contributed by atoms with Crippen molar-refractivity contribution in [3.8, 4) is 0 Å². The van der Waals surface area contributed by atoms with Crippen molar-refractivity contribution < 1.29 is 4.74 Å². The van der Waals surface area contributed by atoms with Gasteiger partial charge in [0.05, 0.1) is 36.0 Å². The molecule has 0 spiro atoms. The lowest BCUT2D eigenvalue weighted by molar-refractivity contribution is 0.122. The fourth-order valence-corrected chi connectivity index (χ4v) is 3.28. The van der Waals surface area contributed by atoms with E-state index in [1.54, 1.807) is 0 Å². The Bertz CT molecular complexity index is 1050. The minimum atomic E-state index is 0.779. The summed E-state index contributed by atoms with van der Waals surface area (Å²) >= 11 is 0. The summed E-state index contributed by atoms with van der Waals surface area (Å²) in [6, 6.07) is 21.9. The predicted octanol–water partition coefficient (Wildman–Crippen LogP) is 6.97. The molecule has 0 amide bonds. The summed E-state index contributed by atoms with van der Waals surface area (Å²) in [5.41, 5.74) is 6.65. The molecule has 1 fully saturated rings. The molecule has 0 saturated carbocycles. The summed E-state index contributed by atoms with van der Waals surface area (Å²) in [4.78, 5) is 2.32. The second-order valence-corrected chi connectivity index (χ2v) is 7.33. The molecule has 0 radical (unpaired) electrons. The molecule has 0 bridgehead atoms. The van der Waals surface area contributed by atoms with Crippen molar-refractivity contribution in [2.45, 2.75) is 13.8 Å². The molecule has 1 aliphatic rings. The predicted molar refractivity (Wildman–Crippen MR) is 120 cm³/mol. The highest BCUT2D eigenvalue weighted by atomic mass is 16.5. The number of azo groups is 2. The number of hydrogen-bond acceptors (Lipinski definition) is 6. The Kier molecular flexibility index (Phi) is 6.25. The number of anilines is 1. The third-order valence-corrected chi connectivity index (χ3v) is 4.96. The molecule has 152 valence electrons. The van der Waals surface area contributed by atoms with Gasteiger partial charge in [0.2, 0.25) is 0 Å². The van der Waals surface area contributed by atoms with Crippen LogP contribution in [0.2, 0.25) is 0 Å². The molecule has 3 aromatic rings. The van der Waals surface area contributed by atoms with Crippen LogP contribution in [0.4, 0.5) is 28.4 Å². The molecule has 0 N–H and O–H groups in total. The average Bonchev–Trinajstić information content (AvgIpc) is 2.78. The van der Waals surface area contributed by atoms with Crippen LogP contribution in [0.1, 0.15) is 11.1 Å². The Morgan fingerprint density at radius 1 is 0.700 bits per heavy atom. The van der Waals surface area contributed by atoms with Crippen LogP contribution in [0.15, 0.2) is 87.2 Å². The first-order chi connectivity index (χ1) is 14.7. The van der Waals surface area contributed by atoms with E-state index in [2.05, 4.69) is 37.5 Å². The van der Waals surface area contributed by atoms with Crippen LogP contribution in [0.25, 0.3) is 0 Å². The minimum absolute atomic E-state index is 0.779. The molecule has 0 unspecified atom stereocenters. The Labute approximate surface area is 176 Å². The van der Waals surface area contributed by atoms with Gasteiger partial charge in [0.15, 0.2) is 0 Å². The van der Waals surface area contributed by atoms with Crippen molar-refractivity contribution in [2.75, 3.05) is 31.2 Å². The van der Waals surface area contributed by atoms with Gasteiger partial charge in [-0.3, -0.25) is 0 Å². The zero-order chi connectivity index (χ0) is 20.8. The van der Waals surface area contributed by atoms with Crippen molar-refractivity contribution in [1.82, 2.24) is 0 Å². The van der Waals surface area contributed by atoms with Gasteiger partial charge in [0, 0.05) is 18.8 Å². The SMILES string of the molecule is Cc1cccc(N=Nc2ccc(N=Nc3ccc(N4CCOCC4)cc3)c(C)c2)c1. The largest absolute Gasteiger partial charge is 0.378 e. The number of morpholine rings is 1. The van der Waals surface area contributed by atoms with Crippen LogP contribution in [0, 0.1) is 13.8 Å². The van der Waals surface area contributed by atoms with E-state index in [4.69, 9.17) is 4.74 Å². The van der Waals surface area contributed by atoms with Crippen LogP contribution < -0.4 is 4.90 Å². The third-order valence-electron chi connectivity index (χ3n) is 4.96. The number of nitrogens with zero attached hydrogens (tertiary/aromatic N) is 5. The van der Waals surface area contributed by atoms with Crippen molar-refractivity contribution in [3.05, 3.63) is 77.9 Å². The number of rotatable bonds is 5. The number of hydrogen-bond donors (Lipinski definition) is 0. The van der Waals surface area contributed by atoms with Gasteiger partial charge in [0.1, 0.15) is 0 Å². The molecule has 0 atom stereocenters. The minimum Gasteiger partial charge on any atom is -0.378 e. The Hall–Kier alpha value is -3.38. The molecule has 30 heavy (non-hydrogen) atoms. The van der Waals surface area contributed by atoms with Gasteiger partial charge < -0.3 is 9.64 Å². The summed E-state index contributed by atoms with van der Waals surface area (Å²) in [5.74, 6) is 0. The maximum absolute atomic E-state index is 5.41. The highest BCUT2D eigenvalue weighted by molar-refractivity contribution is 5.55. The van der Waals surface area contributed by atoms with E-state index in [1.165, 1.54) is 5.69 Å². The maximum atomic E-state index is 5.41. The van der Waals surface area contributed by atoms with Gasteiger partial charge in [-0.05, 0) is 79.6 Å². The number of benzene rings is 3. The van der Waals surface area contributed by atoms with Crippen LogP contribution >= 0.6 is 0 Å². The van der Waals surface area contributed by atoms with Crippen molar-refractivity contribution >= 4 is 28.4 Å². The summed E-state index contributed by atoms with van der Waals surface area (Å²) in [7, 11) is 0. The fraction of sp³-hybridized carbons (Fsp3) is 0.250. The molecule has 0 aliphatic carbocycles. The Balaban J connectivity index is 1.42. The first-order valence-electron chi connectivity index (χ1n) is 10.1. The summed E-state index contributed by atoms with van der Waals surface area (Å²) in [6.07, 6.45) is 0. The Morgan fingerprint density at radius 3 is 2.07 bits per heavy atom. The highest BCUT2D eigenvalue weighted by Crippen LogP contribution is 2.28. The molecule has 0 aromatic heterocycles. The van der Waals surface area contributed by atoms with Crippen molar-refractivity contribution in [3.63, 3.8) is 0 Å². The second kappa shape index (κ2) is 9.41. The third kappa shape index (κ3) is 5.15. The number of ether oxygens (including phenoxy) is 1. The van der Waals surface area contributed by atoms with Gasteiger partial charge in [-0.1, -0.05) is 12.1 Å².